The molecule has 1 nitrogen and oxygen atoms in total. The molecule has 0 atom stereocenters. The van der Waals surface area contributed by atoms with Crippen LogP contribution in [-0.2, 0) is 0 Å². The lowest BCUT2D eigenvalue weighted by atomic mass is 9.93. The van der Waals surface area contributed by atoms with Crippen LogP contribution in [0.3, 0.4) is 0 Å². The van der Waals surface area contributed by atoms with E-state index in [0.717, 1.165) is 18.5 Å². The van der Waals surface area contributed by atoms with Gasteiger partial charge in [-0.25, -0.2) is 0 Å². The lowest BCUT2D eigenvalue weighted by Crippen LogP contribution is -1.93. The summed E-state index contributed by atoms with van der Waals surface area (Å²) in [6.07, 6.45) is 6.31. The van der Waals surface area contributed by atoms with Crippen molar-refractivity contribution in [3.8, 4) is 11.3 Å². The summed E-state index contributed by atoms with van der Waals surface area (Å²) in [4.78, 5) is 4.56. The summed E-state index contributed by atoms with van der Waals surface area (Å²) < 4.78 is 0. The largest absolute Gasteiger partial charge is 0.256 e. The van der Waals surface area contributed by atoms with Crippen molar-refractivity contribution >= 4 is 5.57 Å². The lowest BCUT2D eigenvalue weighted by Gasteiger charge is -2.13. The number of hydrogen-bond donors (Lipinski definition) is 0. The molecule has 98 valence electrons. The maximum atomic E-state index is 4.56. The summed E-state index contributed by atoms with van der Waals surface area (Å²) in [7, 11) is 0. The number of rotatable bonds is 4. The summed E-state index contributed by atoms with van der Waals surface area (Å²) in [5.41, 5.74) is 6.27. The van der Waals surface area contributed by atoms with Gasteiger partial charge in [-0.15, -0.1) is 0 Å². The molecule has 0 radical (unpaired) electrons. The highest BCUT2D eigenvalue weighted by atomic mass is 14.7. The van der Waals surface area contributed by atoms with E-state index in [1.807, 2.05) is 12.3 Å². The second kappa shape index (κ2) is 6.33. The molecule has 0 aliphatic rings. The van der Waals surface area contributed by atoms with E-state index in [-0.39, 0.29) is 0 Å². The highest BCUT2D eigenvalue weighted by Crippen LogP contribution is 2.31. The quantitative estimate of drug-likeness (QED) is 0.722. The van der Waals surface area contributed by atoms with Crippen LogP contribution in [0.25, 0.3) is 16.8 Å². The first-order chi connectivity index (χ1) is 9.27. The second-order valence-electron chi connectivity index (χ2n) is 4.71. The van der Waals surface area contributed by atoms with Gasteiger partial charge in [0.15, 0.2) is 0 Å². The Hall–Kier alpha value is -1.89. The monoisotopic (exact) mass is 251 g/mol. The maximum Gasteiger partial charge on any atom is 0.0737 e. The fourth-order valence-electron chi connectivity index (χ4n) is 2.43. The molecular formula is C18H21N. The van der Waals surface area contributed by atoms with Crippen LogP contribution in [0, 0.1) is 6.92 Å². The number of nitrogens with zero attached hydrogens (tertiary/aromatic N) is 1. The minimum absolute atomic E-state index is 1.05. The van der Waals surface area contributed by atoms with Gasteiger partial charge in [0.25, 0.3) is 0 Å². The Kier molecular flexibility index (Phi) is 4.51. The molecule has 1 aromatic heterocycles. The first-order valence-corrected chi connectivity index (χ1v) is 6.98. The molecule has 2 aromatic rings. The summed E-state index contributed by atoms with van der Waals surface area (Å²) >= 11 is 0. The SMILES string of the molecule is CC/C=C(\CC)c1ccccc1-c1ncccc1C. The number of benzene rings is 1. The Morgan fingerprint density at radius 1 is 1.11 bits per heavy atom. The first-order valence-electron chi connectivity index (χ1n) is 6.98. The molecule has 0 bridgehead atoms. The number of aryl methyl sites for hydroxylation is 1. The number of aromatic nitrogens is 1. The predicted octanol–water partition coefficient (Wildman–Crippen LogP) is 5.26. The van der Waals surface area contributed by atoms with Gasteiger partial charge in [-0.05, 0) is 42.5 Å². The van der Waals surface area contributed by atoms with Crippen LogP contribution in [0.5, 0.6) is 0 Å². The van der Waals surface area contributed by atoms with Gasteiger partial charge in [0.2, 0.25) is 0 Å². The van der Waals surface area contributed by atoms with Gasteiger partial charge in [0.05, 0.1) is 5.69 Å². The molecule has 19 heavy (non-hydrogen) atoms. The van der Waals surface area contributed by atoms with Crippen LogP contribution in [0.2, 0.25) is 0 Å². The molecule has 0 N–H and O–H groups in total. The molecule has 0 saturated carbocycles. The van der Waals surface area contributed by atoms with Crippen LogP contribution in [0.4, 0.5) is 0 Å². The number of allylic oxidation sites excluding steroid dienone is 2. The molecule has 1 aromatic carbocycles. The number of hydrogen-bond acceptors (Lipinski definition) is 1. The topological polar surface area (TPSA) is 12.9 Å². The zero-order chi connectivity index (χ0) is 13.7. The third kappa shape index (κ3) is 2.93. The lowest BCUT2D eigenvalue weighted by molar-refractivity contribution is 1.17. The van der Waals surface area contributed by atoms with Gasteiger partial charge in [0.1, 0.15) is 0 Å². The highest BCUT2D eigenvalue weighted by molar-refractivity contribution is 5.80. The van der Waals surface area contributed by atoms with Crippen molar-refractivity contribution in [2.45, 2.75) is 33.6 Å². The van der Waals surface area contributed by atoms with Crippen molar-refractivity contribution in [3.63, 3.8) is 0 Å². The minimum atomic E-state index is 1.05. The minimum Gasteiger partial charge on any atom is -0.256 e. The summed E-state index contributed by atoms with van der Waals surface area (Å²) in [5, 5.41) is 0. The predicted molar refractivity (Wildman–Crippen MR) is 83.0 cm³/mol. The van der Waals surface area contributed by atoms with Crippen LogP contribution in [-0.4, -0.2) is 4.98 Å². The fourth-order valence-corrected chi connectivity index (χ4v) is 2.43. The third-order valence-corrected chi connectivity index (χ3v) is 3.37. The van der Waals surface area contributed by atoms with Crippen molar-refractivity contribution in [2.75, 3.05) is 0 Å². The first kappa shape index (κ1) is 13.5. The molecule has 1 heteroatoms. The standard InChI is InChI=1S/C18H21N/c1-4-9-15(5-2)16-11-6-7-12-17(16)18-14(3)10-8-13-19-18/h6-13H,4-5H2,1-3H3/b15-9+. The van der Waals surface area contributed by atoms with Crippen LogP contribution in [0.15, 0.2) is 48.7 Å². The zero-order valence-corrected chi connectivity index (χ0v) is 12.0. The van der Waals surface area contributed by atoms with E-state index in [0.29, 0.717) is 0 Å². The van der Waals surface area contributed by atoms with Crippen molar-refractivity contribution in [1.82, 2.24) is 4.98 Å². The molecule has 0 unspecified atom stereocenters. The Labute approximate surface area is 116 Å². The van der Waals surface area contributed by atoms with Crippen molar-refractivity contribution in [2.24, 2.45) is 0 Å². The van der Waals surface area contributed by atoms with Gasteiger partial charge >= 0.3 is 0 Å². The van der Waals surface area contributed by atoms with Gasteiger partial charge in [-0.3, -0.25) is 4.98 Å². The van der Waals surface area contributed by atoms with Crippen LogP contribution < -0.4 is 0 Å². The molecule has 1 heterocycles. The van der Waals surface area contributed by atoms with E-state index < -0.39 is 0 Å². The van der Waals surface area contributed by atoms with Gasteiger partial charge < -0.3 is 0 Å². The highest BCUT2D eigenvalue weighted by Gasteiger charge is 2.10. The van der Waals surface area contributed by atoms with E-state index in [1.165, 1.54) is 22.3 Å². The molecule has 0 fully saturated rings. The molecule has 0 amide bonds. The van der Waals surface area contributed by atoms with Crippen LogP contribution in [0.1, 0.15) is 37.8 Å². The van der Waals surface area contributed by atoms with E-state index in [9.17, 15) is 0 Å². The summed E-state index contributed by atoms with van der Waals surface area (Å²) in [6.45, 7) is 6.52. The Bertz CT molecular complexity index is 582. The molecule has 0 aliphatic carbocycles. The van der Waals surface area contributed by atoms with Gasteiger partial charge in [-0.1, -0.05) is 50.3 Å². The fraction of sp³-hybridized carbons (Fsp3) is 0.278. The normalized spacial score (nSPS) is 11.6. The van der Waals surface area contributed by atoms with E-state index in [4.69, 9.17) is 0 Å². The Morgan fingerprint density at radius 3 is 2.58 bits per heavy atom. The Balaban J connectivity index is 2.60. The summed E-state index contributed by atoms with van der Waals surface area (Å²) in [6, 6.07) is 12.7. The van der Waals surface area contributed by atoms with Crippen molar-refractivity contribution in [3.05, 3.63) is 59.8 Å². The van der Waals surface area contributed by atoms with Gasteiger partial charge in [-0.2, -0.15) is 0 Å². The van der Waals surface area contributed by atoms with E-state index >= 15 is 0 Å². The van der Waals surface area contributed by atoms with Gasteiger partial charge in [0, 0.05) is 11.8 Å². The molecule has 0 saturated heterocycles. The van der Waals surface area contributed by atoms with Crippen molar-refractivity contribution < 1.29 is 0 Å². The Morgan fingerprint density at radius 2 is 1.89 bits per heavy atom. The number of pyridine rings is 1. The average Bonchev–Trinajstić information content (AvgIpc) is 2.45. The molecule has 0 spiro atoms. The molecular weight excluding hydrogens is 230 g/mol. The van der Waals surface area contributed by atoms with Crippen LogP contribution >= 0.6 is 0 Å². The summed E-state index contributed by atoms with van der Waals surface area (Å²) in [5.74, 6) is 0. The maximum absolute atomic E-state index is 4.56. The zero-order valence-electron chi connectivity index (χ0n) is 12.0. The van der Waals surface area contributed by atoms with E-state index in [2.05, 4.69) is 62.2 Å². The second-order valence-corrected chi connectivity index (χ2v) is 4.71. The average molecular weight is 251 g/mol. The van der Waals surface area contributed by atoms with E-state index in [1.54, 1.807) is 0 Å². The van der Waals surface area contributed by atoms with Crippen molar-refractivity contribution in [1.29, 1.82) is 0 Å². The molecule has 0 aliphatic heterocycles. The third-order valence-electron chi connectivity index (χ3n) is 3.37. The smallest absolute Gasteiger partial charge is 0.0737 e. The molecule has 2 rings (SSSR count).